The summed E-state index contributed by atoms with van der Waals surface area (Å²) < 4.78 is 2.04. The number of benzene rings is 1. The third-order valence-electron chi connectivity index (χ3n) is 3.88. The second kappa shape index (κ2) is 4.25. The summed E-state index contributed by atoms with van der Waals surface area (Å²) in [6.07, 6.45) is 6.05. The third kappa shape index (κ3) is 1.75. The molecule has 0 fully saturated rings. The fraction of sp³-hybridized carbons (Fsp3) is 0.400. The van der Waals surface area contributed by atoms with Crippen LogP contribution in [0.2, 0.25) is 0 Å². The van der Waals surface area contributed by atoms with E-state index in [9.17, 15) is 5.11 Å². The standard InChI is InChI=1S/C15H18N2O/c1-2-17-10-9-16-14(17)15(18)8-7-12-5-3-4-6-13(12)11-15/h3-6,9-10,18H,2,7-8,11H2,1H3. The molecule has 3 rings (SSSR count). The average molecular weight is 242 g/mol. The van der Waals surface area contributed by atoms with Crippen molar-refractivity contribution in [2.45, 2.75) is 38.3 Å². The van der Waals surface area contributed by atoms with E-state index in [2.05, 4.69) is 30.1 Å². The van der Waals surface area contributed by atoms with Gasteiger partial charge in [0.05, 0.1) is 0 Å². The Morgan fingerprint density at radius 2 is 2.11 bits per heavy atom. The van der Waals surface area contributed by atoms with Crippen LogP contribution in [0.3, 0.4) is 0 Å². The van der Waals surface area contributed by atoms with Crippen molar-refractivity contribution in [3.05, 3.63) is 53.6 Å². The van der Waals surface area contributed by atoms with E-state index in [-0.39, 0.29) is 0 Å². The molecule has 0 saturated heterocycles. The van der Waals surface area contributed by atoms with Crippen molar-refractivity contribution in [2.24, 2.45) is 0 Å². The van der Waals surface area contributed by atoms with Gasteiger partial charge in [-0.3, -0.25) is 0 Å². The van der Waals surface area contributed by atoms with Gasteiger partial charge in [0.1, 0.15) is 11.4 Å². The number of aliphatic hydroxyl groups is 1. The fourth-order valence-corrected chi connectivity index (χ4v) is 2.88. The van der Waals surface area contributed by atoms with Gasteiger partial charge >= 0.3 is 0 Å². The van der Waals surface area contributed by atoms with Crippen molar-refractivity contribution < 1.29 is 5.11 Å². The molecule has 2 aromatic rings. The minimum atomic E-state index is -0.812. The highest BCUT2D eigenvalue weighted by molar-refractivity contribution is 5.32. The zero-order chi connectivity index (χ0) is 12.6. The van der Waals surface area contributed by atoms with E-state index in [0.29, 0.717) is 6.42 Å². The molecule has 1 unspecified atom stereocenters. The topological polar surface area (TPSA) is 38.0 Å². The zero-order valence-electron chi connectivity index (χ0n) is 10.6. The highest BCUT2D eigenvalue weighted by Gasteiger charge is 2.37. The van der Waals surface area contributed by atoms with Gasteiger partial charge in [0.15, 0.2) is 0 Å². The number of hydrogen-bond acceptors (Lipinski definition) is 2. The number of rotatable bonds is 2. The van der Waals surface area contributed by atoms with Gasteiger partial charge in [-0.2, -0.15) is 0 Å². The van der Waals surface area contributed by atoms with Crippen LogP contribution in [0.1, 0.15) is 30.3 Å². The molecule has 0 saturated carbocycles. The molecular formula is C15H18N2O. The van der Waals surface area contributed by atoms with Crippen LogP contribution in [-0.4, -0.2) is 14.7 Å². The maximum atomic E-state index is 10.9. The van der Waals surface area contributed by atoms with Crippen molar-refractivity contribution in [1.29, 1.82) is 0 Å². The molecule has 1 heterocycles. The first kappa shape index (κ1) is 11.5. The molecule has 0 spiro atoms. The average Bonchev–Trinajstić information content (AvgIpc) is 2.87. The number of fused-ring (bicyclic) bond motifs is 1. The van der Waals surface area contributed by atoms with Gasteiger partial charge in [-0.15, -0.1) is 0 Å². The highest BCUT2D eigenvalue weighted by Crippen LogP contribution is 2.35. The summed E-state index contributed by atoms with van der Waals surface area (Å²) in [6.45, 7) is 2.92. The lowest BCUT2D eigenvalue weighted by Gasteiger charge is -2.33. The van der Waals surface area contributed by atoms with Crippen LogP contribution in [-0.2, 0) is 25.0 Å². The highest BCUT2D eigenvalue weighted by atomic mass is 16.3. The normalized spacial score (nSPS) is 22.8. The van der Waals surface area contributed by atoms with Gasteiger partial charge in [0, 0.05) is 25.4 Å². The first-order chi connectivity index (χ1) is 8.73. The van der Waals surface area contributed by atoms with Crippen LogP contribution < -0.4 is 0 Å². The second-order valence-electron chi connectivity index (χ2n) is 5.01. The Balaban J connectivity index is 1.99. The summed E-state index contributed by atoms with van der Waals surface area (Å²) in [6, 6.07) is 8.37. The van der Waals surface area contributed by atoms with Crippen LogP contribution >= 0.6 is 0 Å². The molecule has 18 heavy (non-hydrogen) atoms. The van der Waals surface area contributed by atoms with E-state index < -0.39 is 5.60 Å². The largest absolute Gasteiger partial charge is 0.382 e. The van der Waals surface area contributed by atoms with Crippen molar-refractivity contribution in [3.63, 3.8) is 0 Å². The predicted molar refractivity (Wildman–Crippen MR) is 70.3 cm³/mol. The minimum Gasteiger partial charge on any atom is -0.382 e. The SMILES string of the molecule is CCn1ccnc1C1(O)CCc2ccccc2C1. The molecule has 0 bridgehead atoms. The Labute approximate surface area is 107 Å². The van der Waals surface area contributed by atoms with Crippen LogP contribution in [0.5, 0.6) is 0 Å². The van der Waals surface area contributed by atoms with Gasteiger partial charge in [-0.05, 0) is 30.9 Å². The molecule has 1 aromatic carbocycles. The van der Waals surface area contributed by atoms with Crippen molar-refractivity contribution in [3.8, 4) is 0 Å². The van der Waals surface area contributed by atoms with Crippen LogP contribution in [0.25, 0.3) is 0 Å². The summed E-state index contributed by atoms with van der Waals surface area (Å²) in [7, 11) is 0. The first-order valence-electron chi connectivity index (χ1n) is 6.54. The lowest BCUT2D eigenvalue weighted by molar-refractivity contribution is 0.0101. The van der Waals surface area contributed by atoms with Crippen molar-refractivity contribution in [2.75, 3.05) is 0 Å². The molecular weight excluding hydrogens is 224 g/mol. The van der Waals surface area contributed by atoms with E-state index in [4.69, 9.17) is 0 Å². The molecule has 3 heteroatoms. The fourth-order valence-electron chi connectivity index (χ4n) is 2.88. The maximum Gasteiger partial charge on any atom is 0.141 e. The van der Waals surface area contributed by atoms with Gasteiger partial charge in [0.2, 0.25) is 0 Å². The van der Waals surface area contributed by atoms with Crippen molar-refractivity contribution in [1.82, 2.24) is 9.55 Å². The number of nitrogens with zero attached hydrogens (tertiary/aromatic N) is 2. The Bertz CT molecular complexity index is 561. The monoisotopic (exact) mass is 242 g/mol. The second-order valence-corrected chi connectivity index (χ2v) is 5.01. The Morgan fingerprint density at radius 3 is 2.89 bits per heavy atom. The molecule has 1 aromatic heterocycles. The maximum absolute atomic E-state index is 10.9. The number of aryl methyl sites for hydroxylation is 2. The minimum absolute atomic E-state index is 0.667. The van der Waals surface area contributed by atoms with Gasteiger partial charge in [-0.25, -0.2) is 4.98 Å². The van der Waals surface area contributed by atoms with Gasteiger partial charge in [-0.1, -0.05) is 24.3 Å². The molecule has 0 amide bonds. The summed E-state index contributed by atoms with van der Waals surface area (Å²) in [4.78, 5) is 4.37. The molecule has 1 N–H and O–H groups in total. The number of aromatic nitrogens is 2. The van der Waals surface area contributed by atoms with E-state index >= 15 is 0 Å². The molecule has 0 radical (unpaired) electrons. The molecule has 3 nitrogen and oxygen atoms in total. The summed E-state index contributed by atoms with van der Waals surface area (Å²) in [5.74, 6) is 0.805. The zero-order valence-corrected chi connectivity index (χ0v) is 10.6. The molecule has 1 aliphatic rings. The van der Waals surface area contributed by atoms with Crippen LogP contribution in [0, 0.1) is 0 Å². The lowest BCUT2D eigenvalue weighted by atomic mass is 9.80. The number of hydrogen-bond donors (Lipinski definition) is 1. The van der Waals surface area contributed by atoms with Crippen LogP contribution in [0.15, 0.2) is 36.7 Å². The van der Waals surface area contributed by atoms with Crippen LogP contribution in [0.4, 0.5) is 0 Å². The summed E-state index contributed by atoms with van der Waals surface area (Å²) in [5.41, 5.74) is 1.79. The quantitative estimate of drug-likeness (QED) is 0.877. The lowest BCUT2D eigenvalue weighted by Crippen LogP contribution is -2.36. The third-order valence-corrected chi connectivity index (χ3v) is 3.88. The predicted octanol–water partition coefficient (Wildman–Crippen LogP) is 2.28. The first-order valence-corrected chi connectivity index (χ1v) is 6.54. The van der Waals surface area contributed by atoms with E-state index in [1.807, 2.05) is 16.8 Å². The molecule has 1 aliphatic carbocycles. The Hall–Kier alpha value is -1.61. The van der Waals surface area contributed by atoms with E-state index in [1.54, 1.807) is 6.20 Å². The Morgan fingerprint density at radius 1 is 1.33 bits per heavy atom. The summed E-state index contributed by atoms with van der Waals surface area (Å²) in [5, 5.41) is 10.9. The van der Waals surface area contributed by atoms with E-state index in [1.165, 1.54) is 11.1 Å². The molecule has 0 aliphatic heterocycles. The summed E-state index contributed by atoms with van der Waals surface area (Å²) >= 11 is 0. The van der Waals surface area contributed by atoms with E-state index in [0.717, 1.165) is 25.2 Å². The smallest absolute Gasteiger partial charge is 0.141 e. The van der Waals surface area contributed by atoms with Crippen molar-refractivity contribution >= 4 is 0 Å². The molecule has 94 valence electrons. The van der Waals surface area contributed by atoms with Gasteiger partial charge < -0.3 is 9.67 Å². The number of imidazole rings is 1. The molecule has 1 atom stereocenters. The van der Waals surface area contributed by atoms with Gasteiger partial charge in [0.25, 0.3) is 0 Å². The Kier molecular flexibility index (Phi) is 2.71.